The highest BCUT2D eigenvalue weighted by atomic mass is 32.2. The summed E-state index contributed by atoms with van der Waals surface area (Å²) in [6.07, 6.45) is 0. The Morgan fingerprint density at radius 1 is 1.59 bits per heavy atom. The summed E-state index contributed by atoms with van der Waals surface area (Å²) < 4.78 is 29.0. The lowest BCUT2D eigenvalue weighted by atomic mass is 10.3. The zero-order chi connectivity index (χ0) is 13.2. The van der Waals surface area contributed by atoms with E-state index in [1.165, 1.54) is 14.1 Å². The highest BCUT2D eigenvalue weighted by molar-refractivity contribution is 7.89. The van der Waals surface area contributed by atoms with Crippen LogP contribution in [-0.2, 0) is 10.0 Å². The lowest BCUT2D eigenvalue weighted by Gasteiger charge is -2.12. The summed E-state index contributed by atoms with van der Waals surface area (Å²) in [7, 11) is -0.672. The van der Waals surface area contributed by atoms with Crippen LogP contribution in [0.5, 0.6) is 0 Å². The van der Waals surface area contributed by atoms with Crippen LogP contribution in [-0.4, -0.2) is 37.7 Å². The predicted molar refractivity (Wildman–Crippen MR) is 70.7 cm³/mol. The van der Waals surface area contributed by atoms with Crippen LogP contribution in [0, 0.1) is 0 Å². The summed E-state index contributed by atoms with van der Waals surface area (Å²) in [5, 5.41) is 3.41. The Morgan fingerprint density at radius 2 is 2.18 bits per heavy atom. The van der Waals surface area contributed by atoms with Crippen molar-refractivity contribution in [2.45, 2.75) is 11.8 Å². The SMILES string of the molecule is C=C(C)CNc1snc(N)c1S(=O)(=O)N(C)C. The second kappa shape index (κ2) is 5.03. The van der Waals surface area contributed by atoms with Gasteiger partial charge in [-0.2, -0.15) is 4.37 Å². The van der Waals surface area contributed by atoms with E-state index in [4.69, 9.17) is 5.73 Å². The van der Waals surface area contributed by atoms with E-state index in [-0.39, 0.29) is 10.7 Å². The minimum absolute atomic E-state index is 0.0212. The third-order valence-corrected chi connectivity index (χ3v) is 4.80. The number of anilines is 2. The molecule has 96 valence electrons. The lowest BCUT2D eigenvalue weighted by Crippen LogP contribution is -2.23. The molecule has 0 fully saturated rings. The van der Waals surface area contributed by atoms with Crippen LogP contribution in [0.3, 0.4) is 0 Å². The monoisotopic (exact) mass is 276 g/mol. The summed E-state index contributed by atoms with van der Waals surface area (Å²) in [6.45, 7) is 6.06. The molecule has 1 aromatic heterocycles. The number of sulfonamides is 1. The summed E-state index contributed by atoms with van der Waals surface area (Å²) in [5.74, 6) is 0.0212. The van der Waals surface area contributed by atoms with Gasteiger partial charge in [0.1, 0.15) is 5.00 Å². The molecule has 0 amide bonds. The van der Waals surface area contributed by atoms with Crippen molar-refractivity contribution in [1.82, 2.24) is 8.68 Å². The number of nitrogens with zero attached hydrogens (tertiary/aromatic N) is 2. The van der Waals surface area contributed by atoms with Gasteiger partial charge >= 0.3 is 0 Å². The third kappa shape index (κ3) is 2.96. The molecule has 0 unspecified atom stereocenters. The molecule has 1 aromatic rings. The zero-order valence-corrected chi connectivity index (χ0v) is 11.7. The molecule has 8 heteroatoms. The molecule has 3 N–H and O–H groups in total. The largest absolute Gasteiger partial charge is 0.382 e. The van der Waals surface area contributed by atoms with Crippen LogP contribution in [0.4, 0.5) is 10.8 Å². The van der Waals surface area contributed by atoms with E-state index in [0.717, 1.165) is 21.4 Å². The Bertz CT molecular complexity index is 519. The molecule has 0 aliphatic heterocycles. The fraction of sp³-hybridized carbons (Fsp3) is 0.444. The molecule has 0 aliphatic rings. The highest BCUT2D eigenvalue weighted by Gasteiger charge is 2.27. The van der Waals surface area contributed by atoms with Gasteiger partial charge in [-0.15, -0.1) is 0 Å². The lowest BCUT2D eigenvalue weighted by molar-refractivity contribution is 0.521. The van der Waals surface area contributed by atoms with E-state index in [0.29, 0.717) is 11.5 Å². The van der Waals surface area contributed by atoms with Crippen LogP contribution in [0.1, 0.15) is 6.92 Å². The molecule has 0 saturated carbocycles. The van der Waals surface area contributed by atoms with Crippen LogP contribution >= 0.6 is 11.5 Å². The van der Waals surface area contributed by atoms with Gasteiger partial charge in [-0.25, -0.2) is 12.7 Å². The molecule has 0 radical (unpaired) electrons. The number of rotatable bonds is 5. The average molecular weight is 276 g/mol. The van der Waals surface area contributed by atoms with Crippen LogP contribution in [0.2, 0.25) is 0 Å². The van der Waals surface area contributed by atoms with E-state index >= 15 is 0 Å². The second-order valence-corrected chi connectivity index (χ2v) is 6.69. The van der Waals surface area contributed by atoms with Gasteiger partial charge in [-0.1, -0.05) is 12.2 Å². The van der Waals surface area contributed by atoms with E-state index in [2.05, 4.69) is 16.3 Å². The predicted octanol–water partition coefficient (Wildman–Crippen LogP) is 0.964. The molecule has 0 atom stereocenters. The smallest absolute Gasteiger partial charge is 0.249 e. The van der Waals surface area contributed by atoms with Crippen molar-refractivity contribution < 1.29 is 8.42 Å². The topological polar surface area (TPSA) is 88.3 Å². The van der Waals surface area contributed by atoms with Gasteiger partial charge in [0.05, 0.1) is 0 Å². The third-order valence-electron chi connectivity index (χ3n) is 1.96. The van der Waals surface area contributed by atoms with Crippen LogP contribution in [0.15, 0.2) is 17.0 Å². The first-order valence-electron chi connectivity index (χ1n) is 4.82. The van der Waals surface area contributed by atoms with Gasteiger partial charge in [0.25, 0.3) is 0 Å². The van der Waals surface area contributed by atoms with Crippen molar-refractivity contribution in [1.29, 1.82) is 0 Å². The molecule has 17 heavy (non-hydrogen) atoms. The molecular weight excluding hydrogens is 260 g/mol. The summed E-state index contributed by atoms with van der Waals surface area (Å²) >= 11 is 1.03. The number of hydrogen-bond donors (Lipinski definition) is 2. The van der Waals surface area contributed by atoms with Gasteiger partial charge in [-0.3, -0.25) is 0 Å². The number of aromatic nitrogens is 1. The maximum absolute atomic E-state index is 12.0. The summed E-state index contributed by atoms with van der Waals surface area (Å²) in [5.41, 5.74) is 6.50. The molecule has 0 aromatic carbocycles. The van der Waals surface area contributed by atoms with Crippen molar-refractivity contribution in [3.8, 4) is 0 Å². The molecule has 0 bridgehead atoms. The molecular formula is C9H16N4O2S2. The first-order valence-corrected chi connectivity index (χ1v) is 7.04. The van der Waals surface area contributed by atoms with E-state index < -0.39 is 10.0 Å². The Morgan fingerprint density at radius 3 is 2.65 bits per heavy atom. The number of nitrogens with one attached hydrogen (secondary N) is 1. The maximum Gasteiger partial charge on any atom is 0.249 e. The quantitative estimate of drug-likeness (QED) is 0.782. The zero-order valence-electron chi connectivity index (χ0n) is 10.0. The summed E-state index contributed by atoms with van der Waals surface area (Å²) in [6, 6.07) is 0. The molecule has 0 spiro atoms. The van der Waals surface area contributed by atoms with Gasteiger partial charge in [-0.05, 0) is 18.5 Å². The normalized spacial score (nSPS) is 11.8. The molecule has 1 rings (SSSR count). The van der Waals surface area contributed by atoms with Crippen molar-refractivity contribution in [2.24, 2.45) is 0 Å². The minimum atomic E-state index is -3.58. The first-order chi connectivity index (χ1) is 7.76. The van der Waals surface area contributed by atoms with Crippen molar-refractivity contribution in [3.05, 3.63) is 12.2 Å². The number of nitrogens with two attached hydrogens (primary N) is 1. The highest BCUT2D eigenvalue weighted by Crippen LogP contribution is 2.32. The van der Waals surface area contributed by atoms with Gasteiger partial charge < -0.3 is 11.1 Å². The second-order valence-electron chi connectivity index (χ2n) is 3.82. The molecule has 0 aliphatic carbocycles. The Balaban J connectivity index is 3.15. The molecule has 1 heterocycles. The van der Waals surface area contributed by atoms with Crippen molar-refractivity contribution in [3.63, 3.8) is 0 Å². The number of hydrogen-bond acceptors (Lipinski definition) is 6. The van der Waals surface area contributed by atoms with E-state index in [1.54, 1.807) is 0 Å². The van der Waals surface area contributed by atoms with Crippen LogP contribution in [0.25, 0.3) is 0 Å². The summed E-state index contributed by atoms with van der Waals surface area (Å²) in [4.78, 5) is 0.0359. The Hall–Kier alpha value is -1.12. The van der Waals surface area contributed by atoms with Gasteiger partial charge in [0.15, 0.2) is 10.7 Å². The van der Waals surface area contributed by atoms with Crippen molar-refractivity contribution in [2.75, 3.05) is 31.7 Å². The van der Waals surface area contributed by atoms with Crippen LogP contribution < -0.4 is 11.1 Å². The maximum atomic E-state index is 12.0. The first kappa shape index (κ1) is 13.9. The molecule has 6 nitrogen and oxygen atoms in total. The Kier molecular flexibility index (Phi) is 4.12. The fourth-order valence-electron chi connectivity index (χ4n) is 1.07. The molecule has 0 saturated heterocycles. The average Bonchev–Trinajstić information content (AvgIpc) is 2.56. The van der Waals surface area contributed by atoms with Crippen molar-refractivity contribution >= 4 is 32.4 Å². The minimum Gasteiger partial charge on any atom is -0.382 e. The van der Waals surface area contributed by atoms with Gasteiger partial charge in [0, 0.05) is 20.6 Å². The fourth-order valence-corrected chi connectivity index (χ4v) is 3.14. The standard InChI is InChI=1S/C9H16N4O2S2/c1-6(2)5-11-9-7(8(10)12-16-9)17(14,15)13(3)4/h11H,1,5H2,2-4H3,(H2,10,12). The number of nitrogen functional groups attached to an aromatic ring is 1. The Labute approximate surface area is 105 Å². The van der Waals surface area contributed by atoms with E-state index in [1.807, 2.05) is 6.92 Å². The van der Waals surface area contributed by atoms with Gasteiger partial charge in [0.2, 0.25) is 10.0 Å². The van der Waals surface area contributed by atoms with E-state index in [9.17, 15) is 8.42 Å².